The number of nitrogens with zero attached hydrogens (tertiary/aromatic N) is 6. The van der Waals surface area contributed by atoms with Crippen LogP contribution in [-0.4, -0.2) is 65.4 Å². The zero-order chi connectivity index (χ0) is 27.5. The largest absolute Gasteiger partial charge is 0.487 e. The second-order valence-electron chi connectivity index (χ2n) is 8.64. The zero-order valence-electron chi connectivity index (χ0n) is 21.6. The molecular weight excluding hydrogens is 525 g/mol. The van der Waals surface area contributed by atoms with Crippen LogP contribution in [0.25, 0.3) is 31.8 Å². The van der Waals surface area contributed by atoms with Gasteiger partial charge >= 0.3 is 6.09 Å². The number of ether oxygens (including phenoxy) is 3. The molecule has 0 atom stereocenters. The molecule has 0 fully saturated rings. The van der Waals surface area contributed by atoms with Crippen LogP contribution < -0.4 is 19.7 Å². The van der Waals surface area contributed by atoms with Gasteiger partial charge in [-0.15, -0.1) is 11.3 Å². The summed E-state index contributed by atoms with van der Waals surface area (Å²) in [7, 11) is 5.16. The van der Waals surface area contributed by atoms with Gasteiger partial charge in [0.2, 0.25) is 11.8 Å². The average Bonchev–Trinajstić information content (AvgIpc) is 3.33. The first-order chi connectivity index (χ1) is 18.8. The third-order valence-corrected chi connectivity index (χ3v) is 6.56. The Morgan fingerprint density at radius 1 is 1.03 bits per heavy atom. The number of halogens is 1. The lowest BCUT2D eigenvalue weighted by Crippen LogP contribution is -2.18. The van der Waals surface area contributed by atoms with E-state index in [9.17, 15) is 9.18 Å². The standard InChI is InChI=1S/C26H24FN7O4S/c1-14-7-16(23-19(8-14)32-22(36-4)13-28-23)24-33-18-9-17(27)20(10-21(18)39-24)37-5-6-38-26(35)31-15-11-29-25(30-12-15)34(2)3/h7-13H,5-6H2,1-4H3,(H,31,35). The minimum Gasteiger partial charge on any atom is -0.487 e. The summed E-state index contributed by atoms with van der Waals surface area (Å²) in [6, 6.07) is 6.80. The number of aryl methyl sites for hydroxylation is 1. The Labute approximate surface area is 226 Å². The summed E-state index contributed by atoms with van der Waals surface area (Å²) >= 11 is 1.39. The van der Waals surface area contributed by atoms with E-state index >= 15 is 0 Å². The normalized spacial score (nSPS) is 11.0. The minimum atomic E-state index is -0.700. The topological polar surface area (TPSA) is 124 Å². The second-order valence-corrected chi connectivity index (χ2v) is 9.67. The number of thiazole rings is 1. The van der Waals surface area contributed by atoms with Crippen molar-refractivity contribution < 1.29 is 23.4 Å². The Morgan fingerprint density at radius 2 is 1.82 bits per heavy atom. The van der Waals surface area contributed by atoms with Crippen LogP contribution in [0.15, 0.2) is 42.9 Å². The molecule has 11 nitrogen and oxygen atoms in total. The van der Waals surface area contributed by atoms with E-state index in [1.807, 2.05) is 33.2 Å². The molecule has 0 bridgehead atoms. The van der Waals surface area contributed by atoms with Crippen molar-refractivity contribution in [3.8, 4) is 22.2 Å². The second kappa shape index (κ2) is 11.0. The van der Waals surface area contributed by atoms with Gasteiger partial charge in [0.05, 0.1) is 52.6 Å². The molecule has 0 spiro atoms. The lowest BCUT2D eigenvalue weighted by Gasteiger charge is -2.11. The van der Waals surface area contributed by atoms with E-state index in [0.717, 1.165) is 15.8 Å². The van der Waals surface area contributed by atoms with Crippen LogP contribution in [-0.2, 0) is 4.74 Å². The Balaban J connectivity index is 1.25. The van der Waals surface area contributed by atoms with E-state index in [0.29, 0.717) is 39.1 Å². The number of hydrogen-bond acceptors (Lipinski definition) is 11. The van der Waals surface area contributed by atoms with Gasteiger partial charge in [-0.1, -0.05) is 0 Å². The van der Waals surface area contributed by atoms with Crippen LogP contribution in [0.3, 0.4) is 0 Å². The molecule has 0 saturated heterocycles. The van der Waals surface area contributed by atoms with Crippen LogP contribution in [0.5, 0.6) is 11.6 Å². The summed E-state index contributed by atoms with van der Waals surface area (Å²) in [5, 5.41) is 3.20. The van der Waals surface area contributed by atoms with Crippen LogP contribution in [0.2, 0.25) is 0 Å². The molecular formula is C26H24FN7O4S. The molecule has 5 aromatic rings. The number of amides is 1. The number of aromatic nitrogens is 5. The van der Waals surface area contributed by atoms with Crippen molar-refractivity contribution in [3.63, 3.8) is 0 Å². The summed E-state index contributed by atoms with van der Waals surface area (Å²) in [6.07, 6.45) is 3.79. The highest BCUT2D eigenvalue weighted by Crippen LogP contribution is 2.37. The molecule has 0 radical (unpaired) electrons. The Bertz CT molecular complexity index is 1660. The number of fused-ring (bicyclic) bond motifs is 2. The van der Waals surface area contributed by atoms with Crippen LogP contribution in [0.4, 0.5) is 20.8 Å². The van der Waals surface area contributed by atoms with E-state index in [1.54, 1.807) is 17.2 Å². The fraction of sp³-hybridized carbons (Fsp3) is 0.231. The summed E-state index contributed by atoms with van der Waals surface area (Å²) in [4.78, 5) is 35.6. The highest BCUT2D eigenvalue weighted by atomic mass is 32.1. The smallest absolute Gasteiger partial charge is 0.411 e. The Kier molecular flexibility index (Phi) is 7.32. The van der Waals surface area contributed by atoms with Gasteiger partial charge in [0.1, 0.15) is 18.2 Å². The first kappa shape index (κ1) is 26.0. The van der Waals surface area contributed by atoms with Gasteiger partial charge in [-0.25, -0.2) is 34.1 Å². The minimum absolute atomic E-state index is 0.0352. The monoisotopic (exact) mass is 549 g/mol. The predicted molar refractivity (Wildman–Crippen MR) is 146 cm³/mol. The number of methoxy groups -OCH3 is 1. The molecule has 1 N–H and O–H groups in total. The number of anilines is 2. The molecule has 3 heterocycles. The average molecular weight is 550 g/mol. The fourth-order valence-electron chi connectivity index (χ4n) is 3.72. The number of carbonyl (C=O) groups is 1. The number of hydrogen-bond donors (Lipinski definition) is 1. The molecule has 3 aromatic heterocycles. The highest BCUT2D eigenvalue weighted by Gasteiger charge is 2.16. The van der Waals surface area contributed by atoms with Crippen LogP contribution in [0, 0.1) is 12.7 Å². The molecule has 0 aliphatic heterocycles. The molecule has 2 aromatic carbocycles. The predicted octanol–water partition coefficient (Wildman–Crippen LogP) is 4.85. The summed E-state index contributed by atoms with van der Waals surface area (Å²) in [6.45, 7) is 1.82. The maximum absolute atomic E-state index is 14.8. The maximum atomic E-state index is 14.8. The van der Waals surface area contributed by atoms with Crippen molar-refractivity contribution in [2.24, 2.45) is 0 Å². The molecule has 39 heavy (non-hydrogen) atoms. The first-order valence-electron chi connectivity index (χ1n) is 11.8. The van der Waals surface area contributed by atoms with E-state index in [-0.39, 0.29) is 19.0 Å². The summed E-state index contributed by atoms with van der Waals surface area (Å²) in [5.74, 6) is 0.394. The van der Waals surface area contributed by atoms with Gasteiger partial charge in [-0.2, -0.15) is 0 Å². The number of carbonyl (C=O) groups excluding carboxylic acids is 1. The third kappa shape index (κ3) is 5.77. The quantitative estimate of drug-likeness (QED) is 0.269. The van der Waals surface area contributed by atoms with Crippen molar-refractivity contribution in [3.05, 3.63) is 54.2 Å². The number of benzene rings is 2. The van der Waals surface area contributed by atoms with E-state index < -0.39 is 11.9 Å². The molecule has 1 amide bonds. The maximum Gasteiger partial charge on any atom is 0.411 e. The number of rotatable bonds is 8. The van der Waals surface area contributed by atoms with Gasteiger partial charge in [0.15, 0.2) is 11.6 Å². The number of nitrogens with one attached hydrogen (secondary N) is 1. The SMILES string of the molecule is COc1cnc2c(-c3nc4cc(F)c(OCCOC(=O)Nc5cnc(N(C)C)nc5)cc4s3)cc(C)cc2n1. The van der Waals surface area contributed by atoms with Gasteiger partial charge in [-0.3, -0.25) is 5.32 Å². The van der Waals surface area contributed by atoms with Crippen molar-refractivity contribution in [1.82, 2.24) is 24.9 Å². The van der Waals surface area contributed by atoms with Gasteiger partial charge < -0.3 is 19.1 Å². The highest BCUT2D eigenvalue weighted by molar-refractivity contribution is 7.21. The van der Waals surface area contributed by atoms with Gasteiger partial charge in [0.25, 0.3) is 0 Å². The lowest BCUT2D eigenvalue weighted by molar-refractivity contribution is 0.136. The molecule has 0 saturated carbocycles. The fourth-order valence-corrected chi connectivity index (χ4v) is 4.71. The van der Waals surface area contributed by atoms with Crippen molar-refractivity contribution in [1.29, 1.82) is 0 Å². The van der Waals surface area contributed by atoms with Crippen molar-refractivity contribution >= 4 is 50.3 Å². The van der Waals surface area contributed by atoms with Crippen molar-refractivity contribution in [2.75, 3.05) is 44.6 Å². The van der Waals surface area contributed by atoms with Gasteiger partial charge in [-0.05, 0) is 24.6 Å². The molecule has 0 aliphatic rings. The molecule has 200 valence electrons. The van der Waals surface area contributed by atoms with E-state index in [2.05, 4.69) is 30.2 Å². The molecule has 0 unspecified atom stereocenters. The van der Waals surface area contributed by atoms with Crippen molar-refractivity contribution in [2.45, 2.75) is 6.92 Å². The molecule has 0 aliphatic carbocycles. The summed E-state index contributed by atoms with van der Waals surface area (Å²) in [5.41, 5.74) is 4.01. The third-order valence-electron chi connectivity index (χ3n) is 5.51. The van der Waals surface area contributed by atoms with E-state index in [1.165, 1.54) is 36.9 Å². The lowest BCUT2D eigenvalue weighted by atomic mass is 10.1. The van der Waals surface area contributed by atoms with Crippen LogP contribution in [0.1, 0.15) is 5.56 Å². The Hall–Kier alpha value is -4.65. The van der Waals surface area contributed by atoms with Crippen LogP contribution >= 0.6 is 11.3 Å². The van der Waals surface area contributed by atoms with Gasteiger partial charge in [0, 0.05) is 31.8 Å². The molecule has 13 heteroatoms. The zero-order valence-corrected chi connectivity index (χ0v) is 22.4. The van der Waals surface area contributed by atoms with E-state index in [4.69, 9.17) is 14.2 Å². The summed E-state index contributed by atoms with van der Waals surface area (Å²) < 4.78 is 31.3. The Morgan fingerprint density at radius 3 is 2.56 bits per heavy atom. The molecule has 5 rings (SSSR count). The first-order valence-corrected chi connectivity index (χ1v) is 12.6.